The third-order valence-corrected chi connectivity index (χ3v) is 12.9. The largest absolute Gasteiger partial charge is 0.394 e. The number of ether oxygens (including phenoxy) is 13. The lowest BCUT2D eigenvalue weighted by Crippen LogP contribution is -2.68. The van der Waals surface area contributed by atoms with Gasteiger partial charge in [0.1, 0.15) is 146 Å². The summed E-state index contributed by atoms with van der Waals surface area (Å²) in [6.45, 7) is -5.23. The van der Waals surface area contributed by atoms with Crippen LogP contribution in [0.4, 0.5) is 0 Å². The van der Waals surface area contributed by atoms with Crippen molar-refractivity contribution < 1.29 is 153 Å². The van der Waals surface area contributed by atoms with Crippen LogP contribution >= 0.6 is 0 Å². The normalized spacial score (nSPS) is 52.2. The van der Waals surface area contributed by atoms with Crippen LogP contribution in [0.3, 0.4) is 0 Å². The smallest absolute Gasteiger partial charge is 0.187 e. The van der Waals surface area contributed by atoms with Gasteiger partial charge in [-0.15, -0.1) is 0 Å². The predicted molar refractivity (Wildman–Crippen MR) is 209 cm³/mol. The van der Waals surface area contributed by atoms with Crippen LogP contribution in [-0.2, 0) is 61.6 Å². The van der Waals surface area contributed by atoms with Crippen molar-refractivity contribution in [3.63, 3.8) is 0 Å². The van der Waals surface area contributed by atoms with Crippen LogP contribution in [0.15, 0.2) is 0 Å². The molecule has 6 heterocycles. The molecule has 30 atom stereocenters. The zero-order chi connectivity index (χ0) is 50.8. The van der Waals surface area contributed by atoms with E-state index in [0.717, 1.165) is 7.11 Å². The highest BCUT2D eigenvalue weighted by Crippen LogP contribution is 2.36. The molecule has 6 saturated heterocycles. The Hall–Kier alpha value is -1.24. The Morgan fingerprint density at radius 1 is 0.275 bits per heavy atom. The summed E-state index contributed by atoms with van der Waals surface area (Å²) < 4.78 is 72.2. The maximum Gasteiger partial charge on any atom is 0.187 e. The molecule has 0 aromatic carbocycles. The number of hydrogen-bond acceptors (Lipinski definition) is 31. The van der Waals surface area contributed by atoms with E-state index in [0.29, 0.717) is 0 Å². The molecule has 18 N–H and O–H groups in total. The fourth-order valence-corrected chi connectivity index (χ4v) is 8.87. The van der Waals surface area contributed by atoms with Gasteiger partial charge in [-0.25, -0.2) is 0 Å². The summed E-state index contributed by atoms with van der Waals surface area (Å²) in [5.41, 5.74) is 0. The van der Waals surface area contributed by atoms with Crippen molar-refractivity contribution in [2.24, 2.45) is 0 Å². The monoisotopic (exact) mass is 1020 g/mol. The lowest BCUT2D eigenvalue weighted by Gasteiger charge is -2.50. The van der Waals surface area contributed by atoms with Gasteiger partial charge in [0.15, 0.2) is 37.7 Å². The highest BCUT2D eigenvalue weighted by Gasteiger charge is 2.57. The SMILES string of the molecule is CO[C@@H]1OC(CO)[C@@H](O[C@H]2O[C@@H](CO[C@H]3O[C@@H](CO)[C@H](O)C(O)C3O)[C@@H](O[C@@H]3OC(CO)[C@@H](O[C@H]4O[C@@H](CO)[C@@H](O[C@@H]5OC(CO)[C@@H](OC)[C@@H](O)C5O)C(O)C4O)[C@@H](O)C3O)C(O)C2O)[C@H](O)C1O. The fourth-order valence-electron chi connectivity index (χ4n) is 8.87. The average Bonchev–Trinajstić information content (AvgIpc) is 3.34. The molecule has 0 radical (unpaired) electrons. The van der Waals surface area contributed by atoms with Gasteiger partial charge in [0.25, 0.3) is 0 Å². The van der Waals surface area contributed by atoms with Crippen LogP contribution in [0.2, 0.25) is 0 Å². The van der Waals surface area contributed by atoms with E-state index >= 15 is 0 Å². The first-order valence-electron chi connectivity index (χ1n) is 21.9. The van der Waals surface area contributed by atoms with Gasteiger partial charge in [0.2, 0.25) is 0 Å². The molecule has 31 nitrogen and oxygen atoms in total. The third kappa shape index (κ3) is 11.8. The molecule has 12 unspecified atom stereocenters. The third-order valence-electron chi connectivity index (χ3n) is 12.9. The van der Waals surface area contributed by atoms with Crippen molar-refractivity contribution in [3.05, 3.63) is 0 Å². The van der Waals surface area contributed by atoms with Crippen LogP contribution in [0.1, 0.15) is 0 Å². The Balaban J connectivity index is 1.17. The molecule has 0 saturated carbocycles. The minimum Gasteiger partial charge on any atom is -0.394 e. The maximum absolute atomic E-state index is 11.5. The molecule has 0 spiro atoms. The van der Waals surface area contributed by atoms with E-state index in [-0.39, 0.29) is 0 Å². The molecule has 0 aliphatic carbocycles. The highest BCUT2D eigenvalue weighted by molar-refractivity contribution is 4.99. The Bertz CT molecular complexity index is 1530. The van der Waals surface area contributed by atoms with E-state index in [1.54, 1.807) is 0 Å². The average molecular weight is 1020 g/mol. The highest BCUT2D eigenvalue weighted by atomic mass is 16.8. The summed E-state index contributed by atoms with van der Waals surface area (Å²) in [5.74, 6) is 0. The summed E-state index contributed by atoms with van der Waals surface area (Å²) in [4.78, 5) is 0. The molecule has 6 rings (SSSR count). The Morgan fingerprint density at radius 3 is 0.899 bits per heavy atom. The van der Waals surface area contributed by atoms with E-state index in [9.17, 15) is 91.9 Å². The molecular formula is C38H66O31. The van der Waals surface area contributed by atoms with Crippen LogP contribution in [-0.4, -0.2) is 330 Å². The van der Waals surface area contributed by atoms with Crippen molar-refractivity contribution in [2.45, 2.75) is 184 Å². The Labute approximate surface area is 391 Å². The van der Waals surface area contributed by atoms with Crippen molar-refractivity contribution in [3.8, 4) is 0 Å². The van der Waals surface area contributed by atoms with E-state index in [1.807, 2.05) is 0 Å². The zero-order valence-corrected chi connectivity index (χ0v) is 36.9. The molecule has 69 heavy (non-hydrogen) atoms. The second-order valence-electron chi connectivity index (χ2n) is 17.2. The van der Waals surface area contributed by atoms with Crippen LogP contribution in [0.25, 0.3) is 0 Å². The fraction of sp³-hybridized carbons (Fsp3) is 1.00. The Kier molecular flexibility index (Phi) is 20.6. The molecule has 6 fully saturated rings. The first-order valence-corrected chi connectivity index (χ1v) is 21.9. The Morgan fingerprint density at radius 2 is 0.551 bits per heavy atom. The first-order chi connectivity index (χ1) is 32.8. The first kappa shape index (κ1) is 57.0. The molecule has 6 aliphatic heterocycles. The quantitative estimate of drug-likeness (QED) is 0.0606. The zero-order valence-electron chi connectivity index (χ0n) is 36.9. The van der Waals surface area contributed by atoms with E-state index in [2.05, 4.69) is 0 Å². The molecule has 0 bridgehead atoms. The predicted octanol–water partition coefficient (Wildman–Crippen LogP) is -12.8. The van der Waals surface area contributed by atoms with Crippen molar-refractivity contribution in [1.29, 1.82) is 0 Å². The maximum atomic E-state index is 11.5. The molecular weight excluding hydrogens is 952 g/mol. The second-order valence-corrected chi connectivity index (χ2v) is 17.2. The number of rotatable bonds is 18. The van der Waals surface area contributed by atoms with Gasteiger partial charge in [0, 0.05) is 14.2 Å². The van der Waals surface area contributed by atoms with E-state index in [1.165, 1.54) is 7.11 Å². The van der Waals surface area contributed by atoms with Gasteiger partial charge in [-0.3, -0.25) is 0 Å². The molecule has 31 heteroatoms. The number of aliphatic hydroxyl groups is 18. The van der Waals surface area contributed by atoms with Gasteiger partial charge < -0.3 is 153 Å². The lowest BCUT2D eigenvalue weighted by molar-refractivity contribution is -0.395. The van der Waals surface area contributed by atoms with Crippen LogP contribution in [0, 0.1) is 0 Å². The number of methoxy groups -OCH3 is 2. The van der Waals surface area contributed by atoms with Crippen molar-refractivity contribution in [2.75, 3.05) is 53.9 Å². The summed E-state index contributed by atoms with van der Waals surface area (Å²) in [6.07, 6.45) is -54.3. The van der Waals surface area contributed by atoms with Gasteiger partial charge in [-0.2, -0.15) is 0 Å². The number of aliphatic hydroxyl groups excluding tert-OH is 18. The summed E-state index contributed by atoms with van der Waals surface area (Å²) in [7, 11) is 2.33. The number of hydrogen-bond donors (Lipinski definition) is 18. The van der Waals surface area contributed by atoms with E-state index < -0.39 is 224 Å². The standard InChI is InChI=1S/C38H66O31/c1-57-28-10(4-40)62-35(24(53)17(28)46)66-30-12(6-42)63-36(25(54)19(30)48)67-31-13(7-43)64-37(26(55)20(31)49)69-32-14(8-59-34-22(51)16(45)15(44)9(3-39)60-34)65-38(27(56)21(32)50)68-29-11(5-41)61-33(58-2)23(52)18(29)47/h9-56H,3-8H2,1-2H3/t9-,10?,11?,12-,13?,14-,15-,16?,17-,18+,19?,20-,21?,22?,23?,24?,25?,26?,27?,28+,29+,30+,31+,32+,33+,34-,35-,36+,37-,38+/m0/s1. The van der Waals surface area contributed by atoms with Crippen LogP contribution in [0.5, 0.6) is 0 Å². The molecule has 0 amide bonds. The van der Waals surface area contributed by atoms with Crippen LogP contribution < -0.4 is 0 Å². The minimum absolute atomic E-state index is 0.700. The van der Waals surface area contributed by atoms with Crippen molar-refractivity contribution in [1.82, 2.24) is 0 Å². The summed E-state index contributed by atoms with van der Waals surface area (Å²) >= 11 is 0. The van der Waals surface area contributed by atoms with E-state index in [4.69, 9.17) is 61.6 Å². The van der Waals surface area contributed by atoms with Gasteiger partial charge in [-0.1, -0.05) is 0 Å². The van der Waals surface area contributed by atoms with Gasteiger partial charge in [0.05, 0.1) is 39.6 Å². The summed E-state index contributed by atoms with van der Waals surface area (Å²) in [5, 5.41) is 192. The lowest BCUT2D eigenvalue weighted by atomic mass is 9.95. The molecule has 0 aromatic heterocycles. The topological polar surface area (TPSA) is 484 Å². The summed E-state index contributed by atoms with van der Waals surface area (Å²) in [6, 6.07) is 0. The molecule has 6 aliphatic rings. The second kappa shape index (κ2) is 24.9. The van der Waals surface area contributed by atoms with Gasteiger partial charge >= 0.3 is 0 Å². The molecule has 404 valence electrons. The van der Waals surface area contributed by atoms with Crippen molar-refractivity contribution >= 4 is 0 Å². The van der Waals surface area contributed by atoms with Gasteiger partial charge in [-0.05, 0) is 0 Å². The molecule has 0 aromatic rings. The minimum atomic E-state index is -2.22.